The van der Waals surface area contributed by atoms with Gasteiger partial charge in [0.05, 0.1) is 26.4 Å². The molecule has 2 heterocycles. The van der Waals surface area contributed by atoms with Crippen molar-refractivity contribution >= 4 is 32.4 Å². The summed E-state index contributed by atoms with van der Waals surface area (Å²) in [4.78, 5) is 16.2. The number of para-hydroxylation sites is 1. The number of anilines is 1. The first-order valence-electron chi connectivity index (χ1n) is 10.0. The zero-order valence-electron chi connectivity index (χ0n) is 17.4. The van der Waals surface area contributed by atoms with Crippen molar-refractivity contribution in [1.82, 2.24) is 9.29 Å². The predicted molar refractivity (Wildman–Crippen MR) is 118 cm³/mol. The largest absolute Gasteiger partial charge is 0.495 e. The molecule has 4 rings (SSSR count). The number of nitrogens with one attached hydrogen (secondary N) is 2. The molecule has 1 fully saturated rings. The van der Waals surface area contributed by atoms with Gasteiger partial charge in [0.2, 0.25) is 10.0 Å². The third-order valence-electron chi connectivity index (χ3n) is 5.38. The summed E-state index contributed by atoms with van der Waals surface area (Å²) in [6.07, 6.45) is 1.70. The van der Waals surface area contributed by atoms with Crippen LogP contribution in [0.3, 0.4) is 0 Å². The molecule has 0 bridgehead atoms. The Kier molecular flexibility index (Phi) is 5.99. The Hall–Kier alpha value is -2.88. The molecule has 0 saturated carbocycles. The van der Waals surface area contributed by atoms with Crippen molar-refractivity contribution in [3.8, 4) is 5.75 Å². The zero-order chi connectivity index (χ0) is 22.0. The summed E-state index contributed by atoms with van der Waals surface area (Å²) < 4.78 is 38.3. The van der Waals surface area contributed by atoms with Gasteiger partial charge >= 0.3 is 0 Å². The lowest BCUT2D eigenvalue weighted by atomic mass is 10.0. The Morgan fingerprint density at radius 1 is 1.19 bits per heavy atom. The van der Waals surface area contributed by atoms with E-state index in [4.69, 9.17) is 9.47 Å². The summed E-state index contributed by atoms with van der Waals surface area (Å²) in [6, 6.07) is 11.9. The van der Waals surface area contributed by atoms with E-state index in [2.05, 4.69) is 10.3 Å². The number of aromatic amines is 1. The second kappa shape index (κ2) is 8.70. The van der Waals surface area contributed by atoms with Crippen LogP contribution in [0.1, 0.15) is 17.3 Å². The maximum atomic E-state index is 13.2. The van der Waals surface area contributed by atoms with E-state index in [9.17, 15) is 13.2 Å². The summed E-state index contributed by atoms with van der Waals surface area (Å²) in [7, 11) is -2.32. The van der Waals surface area contributed by atoms with E-state index in [1.165, 1.54) is 17.5 Å². The minimum absolute atomic E-state index is 0.0636. The molecule has 0 amide bonds. The molecule has 1 aliphatic heterocycles. The van der Waals surface area contributed by atoms with E-state index in [-0.39, 0.29) is 16.4 Å². The maximum absolute atomic E-state index is 13.2. The standard InChI is InChI=1S/C22H25N3O5S/c1-15(22(26)18-14-23-19-6-4-3-5-17(18)19)24-16-7-8-20(29-2)21(13-16)31(27,28)25-9-11-30-12-10-25/h3-8,13-15,23-24H,9-12H2,1-2H3/t15-/m0/s1. The SMILES string of the molecule is COc1ccc(N[C@@H](C)C(=O)c2c[nH]c3ccccc23)cc1S(=O)(=O)N1CCOCC1. The molecule has 3 aromatic rings. The number of Topliss-reactive ketones (excluding diaryl/α,β-unsaturated/α-hetero) is 1. The van der Waals surface area contributed by atoms with Crippen LogP contribution in [0.15, 0.2) is 53.6 Å². The van der Waals surface area contributed by atoms with E-state index in [1.54, 1.807) is 25.3 Å². The number of hydrogen-bond acceptors (Lipinski definition) is 6. The van der Waals surface area contributed by atoms with E-state index < -0.39 is 16.1 Å². The second-order valence-corrected chi connectivity index (χ2v) is 9.27. The number of H-pyrrole nitrogens is 1. The van der Waals surface area contributed by atoms with Gasteiger partial charge in [0.15, 0.2) is 5.78 Å². The van der Waals surface area contributed by atoms with Gasteiger partial charge in [0, 0.05) is 41.4 Å². The lowest BCUT2D eigenvalue weighted by Gasteiger charge is -2.27. The monoisotopic (exact) mass is 443 g/mol. The minimum Gasteiger partial charge on any atom is -0.495 e. The van der Waals surface area contributed by atoms with Crippen molar-refractivity contribution in [2.75, 3.05) is 38.7 Å². The van der Waals surface area contributed by atoms with Crippen molar-refractivity contribution in [1.29, 1.82) is 0 Å². The molecule has 2 N–H and O–H groups in total. The molecule has 1 aliphatic rings. The van der Waals surface area contributed by atoms with Crippen LogP contribution in [0.2, 0.25) is 0 Å². The molecule has 1 atom stereocenters. The number of sulfonamides is 1. The topological polar surface area (TPSA) is 101 Å². The highest BCUT2D eigenvalue weighted by molar-refractivity contribution is 7.89. The van der Waals surface area contributed by atoms with Crippen LogP contribution in [0.4, 0.5) is 5.69 Å². The highest BCUT2D eigenvalue weighted by atomic mass is 32.2. The molecular weight excluding hydrogens is 418 g/mol. The first kappa shape index (κ1) is 21.4. The third-order valence-corrected chi connectivity index (χ3v) is 7.30. The fourth-order valence-electron chi connectivity index (χ4n) is 3.72. The third kappa shape index (κ3) is 4.16. The Balaban J connectivity index is 1.60. The fourth-order valence-corrected chi connectivity index (χ4v) is 5.31. The van der Waals surface area contributed by atoms with E-state index in [1.807, 2.05) is 24.3 Å². The van der Waals surface area contributed by atoms with Gasteiger partial charge in [-0.25, -0.2) is 8.42 Å². The van der Waals surface area contributed by atoms with Gasteiger partial charge in [-0.15, -0.1) is 0 Å². The highest BCUT2D eigenvalue weighted by Gasteiger charge is 2.30. The summed E-state index contributed by atoms with van der Waals surface area (Å²) >= 11 is 0. The second-order valence-electron chi connectivity index (χ2n) is 7.36. The number of morpholine rings is 1. The fraction of sp³-hybridized carbons (Fsp3) is 0.318. The van der Waals surface area contributed by atoms with Crippen LogP contribution in [-0.4, -0.2) is 62.9 Å². The van der Waals surface area contributed by atoms with Crippen LogP contribution in [0, 0.1) is 0 Å². The normalized spacial score (nSPS) is 16.2. The minimum atomic E-state index is -3.76. The number of carbonyl (C=O) groups is 1. The average Bonchev–Trinajstić information content (AvgIpc) is 3.23. The molecule has 1 aromatic heterocycles. The van der Waals surface area contributed by atoms with Crippen LogP contribution >= 0.6 is 0 Å². The molecule has 8 nitrogen and oxygen atoms in total. The van der Waals surface area contributed by atoms with Crippen LogP contribution in [-0.2, 0) is 14.8 Å². The van der Waals surface area contributed by atoms with Crippen molar-refractivity contribution in [2.24, 2.45) is 0 Å². The first-order valence-corrected chi connectivity index (χ1v) is 11.5. The van der Waals surface area contributed by atoms with Crippen molar-refractivity contribution in [3.05, 3.63) is 54.2 Å². The Morgan fingerprint density at radius 3 is 2.68 bits per heavy atom. The number of aromatic nitrogens is 1. The highest BCUT2D eigenvalue weighted by Crippen LogP contribution is 2.31. The van der Waals surface area contributed by atoms with Gasteiger partial charge in [-0.05, 0) is 31.2 Å². The number of fused-ring (bicyclic) bond motifs is 1. The van der Waals surface area contributed by atoms with E-state index in [0.29, 0.717) is 37.6 Å². The van der Waals surface area contributed by atoms with Gasteiger partial charge in [-0.1, -0.05) is 18.2 Å². The van der Waals surface area contributed by atoms with Gasteiger partial charge in [0.25, 0.3) is 0 Å². The van der Waals surface area contributed by atoms with Gasteiger partial charge in [-0.2, -0.15) is 4.31 Å². The smallest absolute Gasteiger partial charge is 0.246 e. The Labute approximate surface area is 181 Å². The number of benzene rings is 2. The number of carbonyl (C=O) groups excluding carboxylic acids is 1. The molecule has 9 heteroatoms. The summed E-state index contributed by atoms with van der Waals surface area (Å²) in [5, 5.41) is 3.99. The molecule has 164 valence electrons. The number of rotatable bonds is 7. The van der Waals surface area contributed by atoms with Gasteiger partial charge in [-0.3, -0.25) is 4.79 Å². The Bertz CT molecular complexity index is 1200. The molecule has 0 radical (unpaired) electrons. The van der Waals surface area contributed by atoms with Gasteiger partial charge in [0.1, 0.15) is 10.6 Å². The van der Waals surface area contributed by atoms with Crippen LogP contribution < -0.4 is 10.1 Å². The lowest BCUT2D eigenvalue weighted by molar-refractivity contribution is 0.0729. The first-order chi connectivity index (χ1) is 14.9. The summed E-state index contributed by atoms with van der Waals surface area (Å²) in [5.74, 6) is 0.165. The molecular formula is C22H25N3O5S. The number of methoxy groups -OCH3 is 1. The summed E-state index contributed by atoms with van der Waals surface area (Å²) in [6.45, 7) is 3.05. The molecule has 31 heavy (non-hydrogen) atoms. The average molecular weight is 444 g/mol. The molecule has 0 aliphatic carbocycles. The number of hydrogen-bond donors (Lipinski definition) is 2. The maximum Gasteiger partial charge on any atom is 0.246 e. The molecule has 1 saturated heterocycles. The number of ether oxygens (including phenoxy) is 2. The van der Waals surface area contributed by atoms with Crippen LogP contribution in [0.25, 0.3) is 10.9 Å². The number of nitrogens with zero attached hydrogens (tertiary/aromatic N) is 1. The molecule has 0 spiro atoms. The Morgan fingerprint density at radius 2 is 1.94 bits per heavy atom. The molecule has 2 aromatic carbocycles. The molecule has 0 unspecified atom stereocenters. The van der Waals surface area contributed by atoms with E-state index in [0.717, 1.165) is 10.9 Å². The van der Waals surface area contributed by atoms with Gasteiger partial charge < -0.3 is 19.8 Å². The lowest BCUT2D eigenvalue weighted by Crippen LogP contribution is -2.40. The van der Waals surface area contributed by atoms with Crippen molar-refractivity contribution in [2.45, 2.75) is 17.9 Å². The summed E-state index contributed by atoms with van der Waals surface area (Å²) in [5.41, 5.74) is 2.00. The van der Waals surface area contributed by atoms with Crippen LogP contribution in [0.5, 0.6) is 5.75 Å². The van der Waals surface area contributed by atoms with E-state index >= 15 is 0 Å². The van der Waals surface area contributed by atoms with Crippen molar-refractivity contribution in [3.63, 3.8) is 0 Å². The van der Waals surface area contributed by atoms with Crippen molar-refractivity contribution < 1.29 is 22.7 Å². The zero-order valence-corrected chi connectivity index (χ0v) is 18.2. The predicted octanol–water partition coefficient (Wildman–Crippen LogP) is 2.88. The quantitative estimate of drug-likeness (QED) is 0.545. The number of ketones is 1.